The van der Waals surface area contributed by atoms with Crippen LogP contribution in [0.2, 0.25) is 0 Å². The molecule has 0 bridgehead atoms. The van der Waals surface area contributed by atoms with Gasteiger partial charge in [-0.1, -0.05) is 16.9 Å². The summed E-state index contributed by atoms with van der Waals surface area (Å²) in [6, 6.07) is 11.7. The number of nitrogens with zero attached hydrogens (tertiary/aromatic N) is 1. The summed E-state index contributed by atoms with van der Waals surface area (Å²) >= 11 is 4.87. The van der Waals surface area contributed by atoms with Crippen LogP contribution in [0.15, 0.2) is 61.9 Å². The van der Waals surface area contributed by atoms with E-state index >= 15 is 0 Å². The Hall–Kier alpha value is -1.53. The van der Waals surface area contributed by atoms with Gasteiger partial charge in [-0.25, -0.2) is 4.39 Å². The SMILES string of the molecule is N/C(=N/O)c1ccc(Sc2ccc(F)cc2)cc1Br. The zero-order chi connectivity index (χ0) is 13.8. The van der Waals surface area contributed by atoms with Crippen LogP contribution in [-0.4, -0.2) is 11.0 Å². The molecule has 6 heteroatoms. The average Bonchev–Trinajstić information content (AvgIpc) is 2.41. The highest BCUT2D eigenvalue weighted by Gasteiger charge is 2.07. The third kappa shape index (κ3) is 3.48. The largest absolute Gasteiger partial charge is 0.409 e. The predicted octanol–water partition coefficient (Wildman–Crippen LogP) is 3.83. The smallest absolute Gasteiger partial charge is 0.171 e. The fraction of sp³-hybridized carbons (Fsp3) is 0. The highest BCUT2D eigenvalue weighted by Crippen LogP contribution is 2.31. The minimum Gasteiger partial charge on any atom is -0.409 e. The summed E-state index contributed by atoms with van der Waals surface area (Å²) in [4.78, 5) is 1.90. The number of oxime groups is 1. The second-order valence-corrected chi connectivity index (χ2v) is 5.68. The van der Waals surface area contributed by atoms with E-state index in [4.69, 9.17) is 10.9 Å². The van der Waals surface area contributed by atoms with Crippen molar-refractivity contribution in [1.29, 1.82) is 0 Å². The van der Waals surface area contributed by atoms with Gasteiger partial charge >= 0.3 is 0 Å². The third-order valence-electron chi connectivity index (χ3n) is 2.37. The third-order valence-corrected chi connectivity index (χ3v) is 4.03. The van der Waals surface area contributed by atoms with Crippen molar-refractivity contribution in [2.45, 2.75) is 9.79 Å². The van der Waals surface area contributed by atoms with E-state index in [9.17, 15) is 4.39 Å². The van der Waals surface area contributed by atoms with Gasteiger partial charge in [0.15, 0.2) is 5.84 Å². The van der Waals surface area contributed by atoms with E-state index in [0.29, 0.717) is 5.56 Å². The molecule has 0 heterocycles. The van der Waals surface area contributed by atoms with Gasteiger partial charge in [0.1, 0.15) is 5.82 Å². The quantitative estimate of drug-likeness (QED) is 0.386. The second-order valence-electron chi connectivity index (χ2n) is 3.68. The second kappa shape index (κ2) is 6.08. The number of rotatable bonds is 3. The first kappa shape index (κ1) is 13.9. The molecule has 0 atom stereocenters. The Morgan fingerprint density at radius 1 is 1.16 bits per heavy atom. The van der Waals surface area contributed by atoms with Gasteiger partial charge in [-0.15, -0.1) is 0 Å². The van der Waals surface area contributed by atoms with Gasteiger partial charge in [-0.3, -0.25) is 0 Å². The Labute approximate surface area is 122 Å². The first-order valence-corrected chi connectivity index (χ1v) is 6.92. The van der Waals surface area contributed by atoms with E-state index in [1.54, 1.807) is 18.2 Å². The topological polar surface area (TPSA) is 58.6 Å². The van der Waals surface area contributed by atoms with Crippen LogP contribution in [0.1, 0.15) is 5.56 Å². The van der Waals surface area contributed by atoms with Crippen molar-refractivity contribution in [3.8, 4) is 0 Å². The molecule has 0 aliphatic rings. The maximum atomic E-state index is 12.8. The van der Waals surface area contributed by atoms with Crippen LogP contribution >= 0.6 is 27.7 Å². The lowest BCUT2D eigenvalue weighted by molar-refractivity contribution is 0.318. The summed E-state index contributed by atoms with van der Waals surface area (Å²) in [6.45, 7) is 0. The molecule has 3 N–H and O–H groups in total. The molecular weight excluding hydrogens is 331 g/mol. The highest BCUT2D eigenvalue weighted by molar-refractivity contribution is 9.10. The summed E-state index contributed by atoms with van der Waals surface area (Å²) < 4.78 is 13.5. The van der Waals surface area contributed by atoms with Gasteiger partial charge in [0, 0.05) is 19.8 Å². The lowest BCUT2D eigenvalue weighted by Crippen LogP contribution is -2.13. The van der Waals surface area contributed by atoms with Crippen LogP contribution in [0.3, 0.4) is 0 Å². The van der Waals surface area contributed by atoms with Gasteiger partial charge in [0.25, 0.3) is 0 Å². The van der Waals surface area contributed by atoms with Gasteiger partial charge in [-0.05, 0) is 58.4 Å². The molecule has 0 unspecified atom stereocenters. The van der Waals surface area contributed by atoms with E-state index < -0.39 is 0 Å². The van der Waals surface area contributed by atoms with Crippen LogP contribution in [0.4, 0.5) is 4.39 Å². The number of hydrogen-bond donors (Lipinski definition) is 2. The standard InChI is InChI=1S/C13H10BrFN2OS/c14-12-7-10(5-6-11(12)13(16)17-18)19-9-3-1-8(15)2-4-9/h1-7,18H,(H2,16,17). The summed E-state index contributed by atoms with van der Waals surface area (Å²) in [5.41, 5.74) is 6.15. The normalized spacial score (nSPS) is 11.6. The number of benzene rings is 2. The number of nitrogens with two attached hydrogens (primary N) is 1. The Kier molecular flexibility index (Phi) is 4.44. The minimum atomic E-state index is -0.257. The minimum absolute atomic E-state index is 0.0465. The van der Waals surface area contributed by atoms with Crippen molar-refractivity contribution in [3.63, 3.8) is 0 Å². The number of amidine groups is 1. The first-order valence-electron chi connectivity index (χ1n) is 5.31. The van der Waals surface area contributed by atoms with Crippen LogP contribution in [-0.2, 0) is 0 Å². The van der Waals surface area contributed by atoms with Crippen molar-refractivity contribution in [2.75, 3.05) is 0 Å². The molecule has 2 aromatic carbocycles. The molecule has 0 fully saturated rings. The molecule has 98 valence electrons. The van der Waals surface area contributed by atoms with Crippen molar-refractivity contribution < 1.29 is 9.60 Å². The molecule has 0 amide bonds. The van der Waals surface area contributed by atoms with Crippen LogP contribution in [0.25, 0.3) is 0 Å². The van der Waals surface area contributed by atoms with Crippen molar-refractivity contribution >= 4 is 33.5 Å². The van der Waals surface area contributed by atoms with Crippen LogP contribution < -0.4 is 5.73 Å². The maximum absolute atomic E-state index is 12.8. The lowest BCUT2D eigenvalue weighted by Gasteiger charge is -2.06. The Morgan fingerprint density at radius 3 is 2.37 bits per heavy atom. The van der Waals surface area contributed by atoms with E-state index in [0.717, 1.165) is 14.3 Å². The molecular formula is C13H10BrFN2OS. The fourth-order valence-corrected chi connectivity index (χ4v) is 3.05. The van der Waals surface area contributed by atoms with Crippen LogP contribution in [0, 0.1) is 5.82 Å². The zero-order valence-corrected chi connectivity index (χ0v) is 12.1. The molecule has 0 aliphatic heterocycles. The highest BCUT2D eigenvalue weighted by atomic mass is 79.9. The van der Waals surface area contributed by atoms with E-state index in [1.807, 2.05) is 12.1 Å². The number of hydrogen-bond acceptors (Lipinski definition) is 3. The van der Waals surface area contributed by atoms with Gasteiger partial charge < -0.3 is 10.9 Å². The molecule has 0 spiro atoms. The van der Waals surface area contributed by atoms with Crippen LogP contribution in [0.5, 0.6) is 0 Å². The Balaban J connectivity index is 2.23. The summed E-state index contributed by atoms with van der Waals surface area (Å²) in [5, 5.41) is 11.6. The average molecular weight is 341 g/mol. The maximum Gasteiger partial charge on any atom is 0.171 e. The molecule has 0 saturated heterocycles. The predicted molar refractivity (Wildman–Crippen MR) is 77.2 cm³/mol. The zero-order valence-electron chi connectivity index (χ0n) is 9.68. The summed E-state index contributed by atoms with van der Waals surface area (Å²) in [5.74, 6) is -0.210. The van der Waals surface area contributed by atoms with Crippen molar-refractivity contribution in [3.05, 3.63) is 58.3 Å². The van der Waals surface area contributed by atoms with Crippen molar-refractivity contribution in [2.24, 2.45) is 10.9 Å². The molecule has 0 aliphatic carbocycles. The van der Waals surface area contributed by atoms with Gasteiger partial charge in [0.2, 0.25) is 0 Å². The van der Waals surface area contributed by atoms with Gasteiger partial charge in [0.05, 0.1) is 0 Å². The molecule has 19 heavy (non-hydrogen) atoms. The molecule has 0 aromatic heterocycles. The van der Waals surface area contributed by atoms with E-state index in [-0.39, 0.29) is 11.7 Å². The van der Waals surface area contributed by atoms with E-state index in [2.05, 4.69) is 21.1 Å². The molecule has 0 saturated carbocycles. The molecule has 0 radical (unpaired) electrons. The Morgan fingerprint density at radius 2 is 1.79 bits per heavy atom. The number of halogens is 2. The fourth-order valence-electron chi connectivity index (χ4n) is 1.46. The molecule has 2 rings (SSSR count). The summed E-state index contributed by atoms with van der Waals surface area (Å²) in [6.07, 6.45) is 0. The molecule has 3 nitrogen and oxygen atoms in total. The van der Waals surface area contributed by atoms with Gasteiger partial charge in [-0.2, -0.15) is 0 Å². The van der Waals surface area contributed by atoms with E-state index in [1.165, 1.54) is 23.9 Å². The van der Waals surface area contributed by atoms with Crippen molar-refractivity contribution in [1.82, 2.24) is 0 Å². The summed E-state index contributed by atoms with van der Waals surface area (Å²) in [7, 11) is 0. The lowest BCUT2D eigenvalue weighted by atomic mass is 10.2. The monoisotopic (exact) mass is 340 g/mol. The molecule has 2 aromatic rings. The Bertz CT molecular complexity index is 617. The first-order chi connectivity index (χ1) is 9.10.